The van der Waals surface area contributed by atoms with E-state index in [2.05, 4.69) is 0 Å². The third-order valence-electron chi connectivity index (χ3n) is 7.00. The van der Waals surface area contributed by atoms with Gasteiger partial charge in [0.15, 0.2) is 23.6 Å². The summed E-state index contributed by atoms with van der Waals surface area (Å²) in [4.78, 5) is 33.7. The Hall–Kier alpha value is -4.75. The van der Waals surface area contributed by atoms with E-state index in [-0.39, 0.29) is 5.78 Å². The van der Waals surface area contributed by atoms with Crippen LogP contribution in [0.5, 0.6) is 28.7 Å². The summed E-state index contributed by atoms with van der Waals surface area (Å²) in [5.74, 6) is 3.13. The molecule has 1 aliphatic carbocycles. The number of ether oxygens (including phenoxy) is 4. The third kappa shape index (κ3) is 8.87. The van der Waals surface area contributed by atoms with Crippen molar-refractivity contribution in [1.82, 2.24) is 0 Å². The summed E-state index contributed by atoms with van der Waals surface area (Å²) in [5, 5.41) is 0. The van der Waals surface area contributed by atoms with Gasteiger partial charge >= 0.3 is 0 Å². The van der Waals surface area contributed by atoms with Gasteiger partial charge in [-0.3, -0.25) is 14.4 Å². The van der Waals surface area contributed by atoms with Crippen LogP contribution in [0.3, 0.4) is 0 Å². The molecule has 7 heteroatoms. The number of hydrogen-bond donors (Lipinski definition) is 0. The fourth-order valence-corrected chi connectivity index (χ4v) is 4.51. The molecule has 0 unspecified atom stereocenters. The first-order chi connectivity index (χ1) is 21.0. The third-order valence-corrected chi connectivity index (χ3v) is 7.00. The van der Waals surface area contributed by atoms with Crippen molar-refractivity contribution in [2.24, 2.45) is 0 Å². The summed E-state index contributed by atoms with van der Waals surface area (Å²) in [7, 11) is 0. The number of carbonyl (C=O) groups is 3. The van der Waals surface area contributed by atoms with Gasteiger partial charge < -0.3 is 18.9 Å². The van der Waals surface area contributed by atoms with Crippen molar-refractivity contribution < 1.29 is 33.3 Å². The van der Waals surface area contributed by atoms with Crippen LogP contribution in [-0.4, -0.2) is 38.2 Å². The van der Waals surface area contributed by atoms with Gasteiger partial charge in [0.1, 0.15) is 30.1 Å². The smallest absolute Gasteiger partial charge is 0.173 e. The first-order valence-corrected chi connectivity index (χ1v) is 14.4. The Morgan fingerprint density at radius 3 is 1.86 bits per heavy atom. The molecule has 0 saturated heterocycles. The van der Waals surface area contributed by atoms with E-state index in [0.717, 1.165) is 18.1 Å². The Bertz CT molecular complexity index is 1500. The molecular weight excluding hydrogens is 544 g/mol. The number of carbonyl (C=O) groups excluding carboxylic acids is 3. The molecule has 7 nitrogen and oxygen atoms in total. The molecule has 0 radical (unpaired) electrons. The second-order valence-electron chi connectivity index (χ2n) is 9.98. The van der Waals surface area contributed by atoms with Gasteiger partial charge in [0.25, 0.3) is 0 Å². The quantitative estimate of drug-likeness (QED) is 0.0890. The lowest BCUT2D eigenvalue weighted by atomic mass is 9.78. The first-order valence-electron chi connectivity index (χ1n) is 14.4. The summed E-state index contributed by atoms with van der Waals surface area (Å²) in [6, 6.07) is 27.4. The van der Waals surface area contributed by atoms with Crippen molar-refractivity contribution >= 4 is 18.4 Å². The summed E-state index contributed by atoms with van der Waals surface area (Å²) in [6.45, 7) is 4.81. The van der Waals surface area contributed by atoms with E-state index in [1.165, 1.54) is 26.2 Å². The van der Waals surface area contributed by atoms with Crippen LogP contribution in [0.1, 0.15) is 75.7 Å². The maximum atomic E-state index is 11.6. The molecule has 5 rings (SSSR count). The zero-order valence-electron chi connectivity index (χ0n) is 24.5. The number of rotatable bonds is 13. The van der Waals surface area contributed by atoms with Crippen molar-refractivity contribution in [2.45, 2.75) is 39.0 Å². The van der Waals surface area contributed by atoms with E-state index < -0.39 is 0 Å². The second-order valence-corrected chi connectivity index (χ2v) is 9.98. The number of aldehydes is 2. The van der Waals surface area contributed by atoms with E-state index >= 15 is 0 Å². The standard InChI is InChI=1S/C23H22O5.C13H14O2/c1-2-25-13-14-26-21-16-23(28-20-11-7-4-8-12-20)22(15-18(21)17-24)27-19-9-5-3-6-10-19;1-9(15)11-5-6-13(10-3-2-4-10)12(7-11)8-14/h3-12,15-17H,2,13-14H2,1H3;5-8,10H,2-4H2,1H3. The maximum Gasteiger partial charge on any atom is 0.173 e. The highest BCUT2D eigenvalue weighted by molar-refractivity contribution is 5.96. The molecule has 1 saturated carbocycles. The number of benzene rings is 4. The lowest BCUT2D eigenvalue weighted by molar-refractivity contribution is 0.101. The SMILES string of the molecule is CC(=O)c1ccc(C2CCC2)c(C=O)c1.CCOCCOc1cc(Oc2ccccc2)c(Oc2ccccc2)cc1C=O. The normalized spacial score (nSPS) is 12.2. The molecule has 0 N–H and O–H groups in total. The van der Waals surface area contributed by atoms with Crippen LogP contribution in [0.25, 0.3) is 0 Å². The largest absolute Gasteiger partial charge is 0.490 e. The molecule has 0 aliphatic heterocycles. The van der Waals surface area contributed by atoms with Crippen LogP contribution in [0.2, 0.25) is 0 Å². The fraction of sp³-hybridized carbons (Fsp3) is 0.250. The number of hydrogen-bond acceptors (Lipinski definition) is 7. The first kappa shape index (κ1) is 31.2. The lowest BCUT2D eigenvalue weighted by Crippen LogP contribution is -2.11. The van der Waals surface area contributed by atoms with Crippen molar-refractivity contribution in [1.29, 1.82) is 0 Å². The zero-order chi connectivity index (χ0) is 30.4. The van der Waals surface area contributed by atoms with Crippen LogP contribution >= 0.6 is 0 Å². The molecular formula is C36H36O7. The van der Waals surface area contributed by atoms with E-state index in [1.807, 2.05) is 79.7 Å². The molecule has 0 bridgehead atoms. The van der Waals surface area contributed by atoms with Gasteiger partial charge in [-0.1, -0.05) is 55.0 Å². The molecule has 43 heavy (non-hydrogen) atoms. The van der Waals surface area contributed by atoms with E-state index in [9.17, 15) is 14.4 Å². The van der Waals surface area contributed by atoms with Gasteiger partial charge in [-0.05, 0) is 74.6 Å². The molecule has 0 heterocycles. The maximum absolute atomic E-state index is 11.6. The van der Waals surface area contributed by atoms with Crippen LogP contribution < -0.4 is 14.2 Å². The zero-order valence-corrected chi connectivity index (χ0v) is 24.5. The van der Waals surface area contributed by atoms with Gasteiger partial charge in [0.2, 0.25) is 0 Å². The average Bonchev–Trinajstić information content (AvgIpc) is 3.01. The van der Waals surface area contributed by atoms with Crippen molar-refractivity contribution in [2.75, 3.05) is 19.8 Å². The monoisotopic (exact) mass is 580 g/mol. The Labute approximate surface area is 252 Å². The van der Waals surface area contributed by atoms with Crippen LogP contribution in [0.4, 0.5) is 0 Å². The van der Waals surface area contributed by atoms with Gasteiger partial charge in [-0.15, -0.1) is 0 Å². The molecule has 1 aliphatic rings. The number of Topliss-reactive ketones (excluding diaryl/α,β-unsaturated/α-hetero) is 1. The van der Waals surface area contributed by atoms with Crippen LogP contribution in [0, 0.1) is 0 Å². The molecule has 0 amide bonds. The van der Waals surface area contributed by atoms with Crippen LogP contribution in [0.15, 0.2) is 91.0 Å². The van der Waals surface area contributed by atoms with Crippen molar-refractivity contribution in [3.63, 3.8) is 0 Å². The average molecular weight is 581 g/mol. The summed E-state index contributed by atoms with van der Waals surface area (Å²) in [5.41, 5.74) is 2.80. The van der Waals surface area contributed by atoms with Gasteiger partial charge in [-0.2, -0.15) is 0 Å². The Balaban J connectivity index is 0.000000237. The molecule has 4 aromatic rings. The second kappa shape index (κ2) is 16.0. The minimum Gasteiger partial charge on any atom is -0.490 e. The molecule has 4 aromatic carbocycles. The number of ketones is 1. The predicted octanol–water partition coefficient (Wildman–Crippen LogP) is 8.47. The van der Waals surface area contributed by atoms with Crippen molar-refractivity contribution in [3.05, 3.63) is 113 Å². The highest BCUT2D eigenvalue weighted by Gasteiger charge is 2.22. The van der Waals surface area contributed by atoms with E-state index in [0.29, 0.717) is 71.2 Å². The Kier molecular flexibility index (Phi) is 11.6. The minimum atomic E-state index is 0.0123. The lowest BCUT2D eigenvalue weighted by Gasteiger charge is -2.27. The Morgan fingerprint density at radius 1 is 0.744 bits per heavy atom. The van der Waals surface area contributed by atoms with Gasteiger partial charge in [0, 0.05) is 23.8 Å². The summed E-state index contributed by atoms with van der Waals surface area (Å²) >= 11 is 0. The van der Waals surface area contributed by atoms with E-state index in [1.54, 1.807) is 18.2 Å². The van der Waals surface area contributed by atoms with Crippen molar-refractivity contribution in [3.8, 4) is 28.7 Å². The predicted molar refractivity (Wildman–Crippen MR) is 165 cm³/mol. The molecule has 1 fully saturated rings. The number of para-hydroxylation sites is 2. The minimum absolute atomic E-state index is 0.0123. The summed E-state index contributed by atoms with van der Waals surface area (Å²) in [6.07, 6.45) is 5.18. The van der Waals surface area contributed by atoms with Gasteiger partial charge in [0.05, 0.1) is 12.2 Å². The molecule has 0 atom stereocenters. The highest BCUT2D eigenvalue weighted by atomic mass is 16.5. The molecule has 222 valence electrons. The molecule has 0 aromatic heterocycles. The Morgan fingerprint density at radius 2 is 1.35 bits per heavy atom. The fourth-order valence-electron chi connectivity index (χ4n) is 4.51. The summed E-state index contributed by atoms with van der Waals surface area (Å²) < 4.78 is 23.0. The topological polar surface area (TPSA) is 88.1 Å². The highest BCUT2D eigenvalue weighted by Crippen LogP contribution is 2.40. The molecule has 0 spiro atoms. The van der Waals surface area contributed by atoms with Crippen LogP contribution in [-0.2, 0) is 4.74 Å². The van der Waals surface area contributed by atoms with Gasteiger partial charge in [-0.25, -0.2) is 0 Å². The van der Waals surface area contributed by atoms with E-state index in [4.69, 9.17) is 18.9 Å².